The van der Waals surface area contributed by atoms with Crippen molar-refractivity contribution in [1.82, 2.24) is 26.1 Å². The van der Waals surface area contributed by atoms with Crippen molar-refractivity contribution < 1.29 is 9.53 Å². The summed E-state index contributed by atoms with van der Waals surface area (Å²) < 4.78 is 5.56. The van der Waals surface area contributed by atoms with Crippen LogP contribution in [0, 0.1) is 0 Å². The van der Waals surface area contributed by atoms with E-state index in [0.29, 0.717) is 24.8 Å². The van der Waals surface area contributed by atoms with Crippen LogP contribution in [0.5, 0.6) is 0 Å². The third-order valence-electron chi connectivity index (χ3n) is 6.61. The standard InChI is InChI=1S/C25H28N6O2/c32-25(28-18-5-6-18)17-3-1-16(2-4-17)20-15-22(31-11-13-33-14-12-31)29-23-19(20)7-9-26-24(23)21-8-10-27-30-21/h1-4,7,9,15,18,21,27,30H,5-6,8,10-14H2,(H,28,32). The van der Waals surface area contributed by atoms with Gasteiger partial charge in [0.25, 0.3) is 5.91 Å². The highest BCUT2D eigenvalue weighted by atomic mass is 16.5. The van der Waals surface area contributed by atoms with Crippen molar-refractivity contribution >= 4 is 22.6 Å². The Kier molecular flexibility index (Phi) is 5.41. The molecule has 1 aliphatic carbocycles. The Morgan fingerprint density at radius 1 is 1.09 bits per heavy atom. The van der Waals surface area contributed by atoms with E-state index in [1.807, 2.05) is 36.5 Å². The first-order valence-corrected chi connectivity index (χ1v) is 11.8. The zero-order valence-corrected chi connectivity index (χ0v) is 18.5. The predicted molar refractivity (Wildman–Crippen MR) is 127 cm³/mol. The average Bonchev–Trinajstić information content (AvgIpc) is 3.52. The van der Waals surface area contributed by atoms with Gasteiger partial charge >= 0.3 is 0 Å². The summed E-state index contributed by atoms with van der Waals surface area (Å²) >= 11 is 0. The molecule has 170 valence electrons. The summed E-state index contributed by atoms with van der Waals surface area (Å²) in [6.07, 6.45) is 5.00. The number of pyridine rings is 2. The van der Waals surface area contributed by atoms with Gasteiger partial charge in [-0.05, 0) is 54.7 Å². The first kappa shape index (κ1) is 20.5. The molecule has 1 aromatic carbocycles. The molecule has 2 aliphatic heterocycles. The molecule has 8 heteroatoms. The highest BCUT2D eigenvalue weighted by Crippen LogP contribution is 2.35. The molecule has 0 spiro atoms. The lowest BCUT2D eigenvalue weighted by atomic mass is 9.98. The van der Waals surface area contributed by atoms with Crippen molar-refractivity contribution in [1.29, 1.82) is 0 Å². The summed E-state index contributed by atoms with van der Waals surface area (Å²) in [6.45, 7) is 3.94. The Hall–Kier alpha value is -3.07. The molecule has 1 unspecified atom stereocenters. The lowest BCUT2D eigenvalue weighted by Gasteiger charge is -2.29. The molecule has 4 heterocycles. The highest BCUT2D eigenvalue weighted by molar-refractivity contribution is 5.99. The van der Waals surface area contributed by atoms with Gasteiger partial charge in [-0.15, -0.1) is 0 Å². The van der Waals surface area contributed by atoms with Gasteiger partial charge in [0.15, 0.2) is 0 Å². The van der Waals surface area contributed by atoms with Gasteiger partial charge in [-0.2, -0.15) is 0 Å². The van der Waals surface area contributed by atoms with Crippen LogP contribution >= 0.6 is 0 Å². The van der Waals surface area contributed by atoms with E-state index in [9.17, 15) is 4.79 Å². The van der Waals surface area contributed by atoms with Crippen LogP contribution in [0.15, 0.2) is 42.6 Å². The van der Waals surface area contributed by atoms with Gasteiger partial charge in [0, 0.05) is 42.8 Å². The van der Waals surface area contributed by atoms with Crippen molar-refractivity contribution in [3.63, 3.8) is 0 Å². The molecule has 3 N–H and O–H groups in total. The molecule has 3 aliphatic rings. The number of aromatic nitrogens is 2. The Morgan fingerprint density at radius 2 is 1.91 bits per heavy atom. The maximum absolute atomic E-state index is 12.4. The molecule has 3 fully saturated rings. The number of amides is 1. The number of anilines is 1. The highest BCUT2D eigenvalue weighted by Gasteiger charge is 2.25. The quantitative estimate of drug-likeness (QED) is 0.557. The number of fused-ring (bicyclic) bond motifs is 1. The van der Waals surface area contributed by atoms with Crippen LogP contribution in [0.3, 0.4) is 0 Å². The van der Waals surface area contributed by atoms with Crippen molar-refractivity contribution in [3.05, 3.63) is 53.9 Å². The van der Waals surface area contributed by atoms with Crippen LogP contribution in [0.4, 0.5) is 5.82 Å². The first-order valence-electron chi connectivity index (χ1n) is 11.8. The number of morpholine rings is 1. The Balaban J connectivity index is 1.44. The average molecular weight is 445 g/mol. The van der Waals surface area contributed by atoms with Gasteiger partial charge in [-0.3, -0.25) is 15.2 Å². The minimum atomic E-state index is 0.00364. The number of benzene rings is 1. The second-order valence-electron chi connectivity index (χ2n) is 8.96. The van der Waals surface area contributed by atoms with Gasteiger partial charge in [-0.1, -0.05) is 12.1 Å². The first-order chi connectivity index (χ1) is 16.3. The van der Waals surface area contributed by atoms with E-state index >= 15 is 0 Å². The SMILES string of the molecule is O=C(NC1CC1)c1ccc(-c2cc(N3CCOCC3)nc3c(C4CCNN4)nccc23)cc1. The number of carbonyl (C=O) groups excluding carboxylic acids is 1. The monoisotopic (exact) mass is 444 g/mol. The molecule has 8 nitrogen and oxygen atoms in total. The number of nitrogens with zero attached hydrogens (tertiary/aromatic N) is 3. The largest absolute Gasteiger partial charge is 0.378 e. The van der Waals surface area contributed by atoms with E-state index in [1.165, 1.54) is 0 Å². The smallest absolute Gasteiger partial charge is 0.251 e. The summed E-state index contributed by atoms with van der Waals surface area (Å²) in [7, 11) is 0. The zero-order chi connectivity index (χ0) is 22.2. The van der Waals surface area contributed by atoms with Crippen molar-refractivity contribution in [3.8, 4) is 11.1 Å². The molecule has 2 saturated heterocycles. The number of rotatable bonds is 5. The van der Waals surface area contributed by atoms with Crippen LogP contribution in [0.1, 0.15) is 41.4 Å². The predicted octanol–water partition coefficient (Wildman–Crippen LogP) is 2.56. The van der Waals surface area contributed by atoms with Crippen molar-refractivity contribution in [2.75, 3.05) is 37.7 Å². The molecule has 1 saturated carbocycles. The molecule has 2 aromatic heterocycles. The molecule has 6 rings (SSSR count). The van der Waals surface area contributed by atoms with E-state index < -0.39 is 0 Å². The number of hydrazine groups is 1. The van der Waals surface area contributed by atoms with E-state index in [4.69, 9.17) is 14.7 Å². The molecule has 0 radical (unpaired) electrons. The molecule has 1 amide bonds. The minimum absolute atomic E-state index is 0.00364. The molecule has 0 bridgehead atoms. The third kappa shape index (κ3) is 4.17. The number of carbonyl (C=O) groups is 1. The fourth-order valence-electron chi connectivity index (χ4n) is 4.59. The van der Waals surface area contributed by atoms with Gasteiger partial charge in [0.05, 0.1) is 30.5 Å². The van der Waals surface area contributed by atoms with Crippen molar-refractivity contribution in [2.24, 2.45) is 0 Å². The van der Waals surface area contributed by atoms with Gasteiger partial charge in [0.2, 0.25) is 0 Å². The van der Waals surface area contributed by atoms with E-state index in [0.717, 1.165) is 72.4 Å². The summed E-state index contributed by atoms with van der Waals surface area (Å²) in [5, 5.41) is 4.13. The Labute approximate surface area is 192 Å². The molecule has 3 aromatic rings. The van der Waals surface area contributed by atoms with Crippen LogP contribution in [-0.2, 0) is 4.74 Å². The fraction of sp³-hybridized carbons (Fsp3) is 0.400. The van der Waals surface area contributed by atoms with Crippen LogP contribution < -0.4 is 21.1 Å². The van der Waals surface area contributed by atoms with Crippen LogP contribution in [-0.4, -0.2) is 54.8 Å². The Bertz CT molecular complexity index is 1170. The van der Waals surface area contributed by atoms with Crippen molar-refractivity contribution in [2.45, 2.75) is 31.3 Å². The number of hydrogen-bond acceptors (Lipinski definition) is 7. The van der Waals surface area contributed by atoms with Crippen LogP contribution in [0.2, 0.25) is 0 Å². The van der Waals surface area contributed by atoms with E-state index in [-0.39, 0.29) is 11.9 Å². The summed E-state index contributed by atoms with van der Waals surface area (Å²) in [5.74, 6) is 0.945. The van der Waals surface area contributed by atoms with Gasteiger partial charge < -0.3 is 15.0 Å². The minimum Gasteiger partial charge on any atom is -0.378 e. The second-order valence-corrected chi connectivity index (χ2v) is 8.96. The topological polar surface area (TPSA) is 91.4 Å². The summed E-state index contributed by atoms with van der Waals surface area (Å²) in [5.41, 5.74) is 11.3. The maximum atomic E-state index is 12.4. The molecular weight excluding hydrogens is 416 g/mol. The number of nitrogens with one attached hydrogen (secondary N) is 3. The molecular formula is C25H28N6O2. The Morgan fingerprint density at radius 3 is 2.64 bits per heavy atom. The summed E-state index contributed by atoms with van der Waals surface area (Å²) in [4.78, 5) is 24.5. The lowest BCUT2D eigenvalue weighted by Crippen LogP contribution is -2.36. The second kappa shape index (κ2) is 8.70. The van der Waals surface area contributed by atoms with Crippen LogP contribution in [0.25, 0.3) is 22.0 Å². The normalized spacial score (nSPS) is 20.8. The maximum Gasteiger partial charge on any atom is 0.251 e. The molecule has 1 atom stereocenters. The lowest BCUT2D eigenvalue weighted by molar-refractivity contribution is 0.0951. The number of ether oxygens (including phenoxy) is 1. The van der Waals surface area contributed by atoms with Gasteiger partial charge in [-0.25, -0.2) is 10.4 Å². The molecule has 33 heavy (non-hydrogen) atoms. The summed E-state index contributed by atoms with van der Waals surface area (Å²) in [6, 6.07) is 12.6. The van der Waals surface area contributed by atoms with Gasteiger partial charge in [0.1, 0.15) is 5.82 Å². The van der Waals surface area contributed by atoms with E-state index in [2.05, 4.69) is 27.1 Å². The third-order valence-corrected chi connectivity index (χ3v) is 6.61. The fourth-order valence-corrected chi connectivity index (χ4v) is 4.59. The zero-order valence-electron chi connectivity index (χ0n) is 18.5. The van der Waals surface area contributed by atoms with E-state index in [1.54, 1.807) is 0 Å². The number of hydrogen-bond donors (Lipinski definition) is 3.